The van der Waals surface area contributed by atoms with Crippen LogP contribution >= 0.6 is 11.3 Å². The summed E-state index contributed by atoms with van der Waals surface area (Å²) in [5, 5.41) is 14.3. The first kappa shape index (κ1) is 18.9. The Bertz CT molecular complexity index is 1130. The molecule has 0 spiro atoms. The zero-order chi connectivity index (χ0) is 20.5. The van der Waals surface area contributed by atoms with Gasteiger partial charge in [-0.25, -0.2) is 4.98 Å². The van der Waals surface area contributed by atoms with Crippen molar-refractivity contribution in [1.29, 1.82) is 0 Å². The van der Waals surface area contributed by atoms with E-state index in [1.807, 2.05) is 25.1 Å². The molecule has 3 aromatic rings. The number of rotatable bonds is 5. The van der Waals surface area contributed by atoms with Gasteiger partial charge in [0.1, 0.15) is 0 Å². The number of amides is 1. The molecule has 0 aliphatic carbocycles. The van der Waals surface area contributed by atoms with Crippen molar-refractivity contribution < 1.29 is 19.2 Å². The average molecular weight is 411 g/mol. The van der Waals surface area contributed by atoms with E-state index in [4.69, 9.17) is 9.47 Å². The third-order valence-corrected chi connectivity index (χ3v) is 5.73. The van der Waals surface area contributed by atoms with Gasteiger partial charge in [-0.05, 0) is 37.6 Å². The first-order valence-electron chi connectivity index (χ1n) is 8.82. The number of carbonyl (C=O) groups excluding carboxylic acids is 1. The number of nitro benzene ring substituents is 1. The maximum Gasteiger partial charge on any atom is 0.273 e. The zero-order valence-corrected chi connectivity index (χ0v) is 16.5. The Morgan fingerprint density at radius 1 is 1.24 bits per heavy atom. The van der Waals surface area contributed by atoms with Gasteiger partial charge in [0.25, 0.3) is 11.6 Å². The van der Waals surface area contributed by atoms with Crippen LogP contribution in [0.1, 0.15) is 32.1 Å². The highest BCUT2D eigenvalue weighted by molar-refractivity contribution is 7.15. The Hall–Kier alpha value is -3.46. The van der Waals surface area contributed by atoms with Gasteiger partial charge in [0, 0.05) is 28.5 Å². The van der Waals surface area contributed by atoms with Crippen molar-refractivity contribution in [3.63, 3.8) is 0 Å². The van der Waals surface area contributed by atoms with Crippen molar-refractivity contribution in [2.45, 2.75) is 20.3 Å². The van der Waals surface area contributed by atoms with Gasteiger partial charge in [0.15, 0.2) is 16.6 Å². The van der Waals surface area contributed by atoms with E-state index in [1.165, 1.54) is 23.5 Å². The Balaban J connectivity index is 1.52. The molecule has 0 atom stereocenters. The number of anilines is 1. The van der Waals surface area contributed by atoms with E-state index >= 15 is 0 Å². The Labute approximate surface area is 170 Å². The van der Waals surface area contributed by atoms with Crippen molar-refractivity contribution >= 4 is 28.1 Å². The van der Waals surface area contributed by atoms with Gasteiger partial charge in [0.2, 0.25) is 6.79 Å². The van der Waals surface area contributed by atoms with Crippen LogP contribution in [0.2, 0.25) is 0 Å². The Kier molecular flexibility index (Phi) is 4.89. The molecule has 0 unspecified atom stereocenters. The molecule has 0 bridgehead atoms. The minimum absolute atomic E-state index is 0.0866. The summed E-state index contributed by atoms with van der Waals surface area (Å²) in [6.45, 7) is 3.67. The van der Waals surface area contributed by atoms with Crippen molar-refractivity contribution in [3.8, 4) is 11.5 Å². The number of thiazole rings is 1. The van der Waals surface area contributed by atoms with Crippen LogP contribution < -0.4 is 14.8 Å². The molecule has 8 nitrogen and oxygen atoms in total. The van der Waals surface area contributed by atoms with Crippen molar-refractivity contribution in [3.05, 3.63) is 73.8 Å². The van der Waals surface area contributed by atoms with Gasteiger partial charge in [-0.3, -0.25) is 20.2 Å². The lowest BCUT2D eigenvalue weighted by Crippen LogP contribution is -2.14. The number of hydrogen-bond acceptors (Lipinski definition) is 7. The maximum absolute atomic E-state index is 12.6. The molecule has 0 fully saturated rings. The lowest BCUT2D eigenvalue weighted by Gasteiger charge is -2.05. The summed E-state index contributed by atoms with van der Waals surface area (Å²) < 4.78 is 10.7. The minimum atomic E-state index is -0.497. The second-order valence-electron chi connectivity index (χ2n) is 6.55. The molecule has 0 saturated heterocycles. The first-order valence-corrected chi connectivity index (χ1v) is 9.64. The number of aromatic nitrogens is 1. The van der Waals surface area contributed by atoms with Gasteiger partial charge in [-0.15, -0.1) is 11.3 Å². The van der Waals surface area contributed by atoms with E-state index in [-0.39, 0.29) is 18.0 Å². The highest BCUT2D eigenvalue weighted by Gasteiger charge is 2.20. The smallest absolute Gasteiger partial charge is 0.273 e. The highest BCUT2D eigenvalue weighted by Crippen LogP contribution is 2.34. The fraction of sp³-hybridized carbons (Fsp3) is 0.200. The maximum atomic E-state index is 12.6. The average Bonchev–Trinajstić information content (AvgIpc) is 3.27. The van der Waals surface area contributed by atoms with Crippen molar-refractivity contribution in [2.24, 2.45) is 0 Å². The first-order chi connectivity index (χ1) is 13.9. The number of carbonyl (C=O) groups is 1. The summed E-state index contributed by atoms with van der Waals surface area (Å²) >= 11 is 1.38. The fourth-order valence-corrected chi connectivity index (χ4v) is 4.11. The summed E-state index contributed by atoms with van der Waals surface area (Å²) in [5.74, 6) is 1.03. The SMILES string of the molecule is Cc1nc(NC(=O)c2cccc([N+](=O)[O-])c2C)sc1Cc1ccc2c(c1)OCO2. The highest BCUT2D eigenvalue weighted by atomic mass is 32.1. The van der Waals surface area contributed by atoms with Gasteiger partial charge in [-0.2, -0.15) is 0 Å². The third kappa shape index (κ3) is 3.77. The number of nitrogens with one attached hydrogen (secondary N) is 1. The Morgan fingerprint density at radius 3 is 2.83 bits per heavy atom. The number of nitrogens with zero attached hydrogens (tertiary/aromatic N) is 2. The van der Waals surface area contributed by atoms with Crippen LogP contribution in [0.5, 0.6) is 11.5 Å². The normalized spacial score (nSPS) is 12.1. The van der Waals surface area contributed by atoms with Crippen molar-refractivity contribution in [2.75, 3.05) is 12.1 Å². The largest absolute Gasteiger partial charge is 0.454 e. The molecule has 0 radical (unpaired) electrons. The summed E-state index contributed by atoms with van der Waals surface area (Å²) in [5.41, 5.74) is 2.36. The molecule has 1 amide bonds. The number of nitro groups is 1. The lowest BCUT2D eigenvalue weighted by molar-refractivity contribution is -0.385. The summed E-state index contributed by atoms with van der Waals surface area (Å²) in [7, 11) is 0. The van der Waals surface area contributed by atoms with Gasteiger partial charge >= 0.3 is 0 Å². The lowest BCUT2D eigenvalue weighted by atomic mass is 10.1. The molecular formula is C20H17N3O5S. The van der Waals surface area contributed by atoms with Crippen LogP contribution in [-0.4, -0.2) is 22.6 Å². The van der Waals surface area contributed by atoms with Crippen LogP contribution in [0.25, 0.3) is 0 Å². The summed E-state index contributed by atoms with van der Waals surface area (Å²) in [4.78, 5) is 28.7. The molecular weight excluding hydrogens is 394 g/mol. The van der Waals surface area contributed by atoms with Crippen LogP contribution in [0, 0.1) is 24.0 Å². The second kappa shape index (κ2) is 7.51. The molecule has 1 aliphatic rings. The van der Waals surface area contributed by atoms with Gasteiger partial charge < -0.3 is 9.47 Å². The zero-order valence-electron chi connectivity index (χ0n) is 15.7. The van der Waals surface area contributed by atoms with Crippen molar-refractivity contribution in [1.82, 2.24) is 4.98 Å². The number of ether oxygens (including phenoxy) is 2. The van der Waals surface area contributed by atoms with E-state index in [1.54, 1.807) is 13.0 Å². The molecule has 9 heteroatoms. The third-order valence-electron chi connectivity index (χ3n) is 4.66. The summed E-state index contributed by atoms with van der Waals surface area (Å²) in [6, 6.07) is 10.2. The molecule has 1 aliphatic heterocycles. The predicted octanol–water partition coefficient (Wildman–Crippen LogP) is 4.24. The molecule has 4 rings (SSSR count). The molecule has 29 heavy (non-hydrogen) atoms. The molecule has 2 aromatic carbocycles. The molecule has 2 heterocycles. The number of fused-ring (bicyclic) bond motifs is 1. The molecule has 1 aromatic heterocycles. The molecule has 148 valence electrons. The van der Waals surface area contributed by atoms with E-state index in [9.17, 15) is 14.9 Å². The molecule has 1 N–H and O–H groups in total. The van der Waals surface area contributed by atoms with E-state index in [0.29, 0.717) is 17.1 Å². The fourth-order valence-electron chi connectivity index (χ4n) is 3.11. The van der Waals surface area contributed by atoms with E-state index < -0.39 is 10.8 Å². The molecule has 0 saturated carbocycles. The predicted molar refractivity (Wildman–Crippen MR) is 108 cm³/mol. The monoisotopic (exact) mass is 411 g/mol. The second-order valence-corrected chi connectivity index (χ2v) is 7.64. The Morgan fingerprint density at radius 2 is 2.03 bits per heavy atom. The number of aryl methyl sites for hydroxylation is 1. The van der Waals surface area contributed by atoms with Crippen LogP contribution in [-0.2, 0) is 6.42 Å². The van der Waals surface area contributed by atoms with Crippen LogP contribution in [0.15, 0.2) is 36.4 Å². The van der Waals surface area contributed by atoms with Crippen LogP contribution in [0.4, 0.5) is 10.8 Å². The number of benzene rings is 2. The quantitative estimate of drug-likeness (QED) is 0.497. The van der Waals surface area contributed by atoms with E-state index in [0.717, 1.165) is 27.6 Å². The topological polar surface area (TPSA) is 104 Å². The van der Waals surface area contributed by atoms with E-state index in [2.05, 4.69) is 10.3 Å². The standard InChI is InChI=1S/C20H17N3O5S/c1-11-14(4-3-5-15(11)23(25)26)19(24)22-20-21-12(2)18(29-20)9-13-6-7-16-17(8-13)28-10-27-16/h3-8H,9-10H2,1-2H3,(H,21,22,24). The van der Waals surface area contributed by atoms with Gasteiger partial charge in [0.05, 0.1) is 10.6 Å². The van der Waals surface area contributed by atoms with Gasteiger partial charge in [-0.1, -0.05) is 12.1 Å². The summed E-state index contributed by atoms with van der Waals surface area (Å²) in [6.07, 6.45) is 0.645. The number of hydrogen-bond donors (Lipinski definition) is 1. The minimum Gasteiger partial charge on any atom is -0.454 e. The van der Waals surface area contributed by atoms with Crippen LogP contribution in [0.3, 0.4) is 0 Å².